The predicted octanol–water partition coefficient (Wildman–Crippen LogP) is 4.99. The molecule has 0 bridgehead atoms. The van der Waals surface area contributed by atoms with Crippen LogP contribution in [0.25, 0.3) is 16.8 Å². The lowest BCUT2D eigenvalue weighted by Crippen LogP contribution is -2.38. The zero-order valence-corrected chi connectivity index (χ0v) is 16.6. The monoisotopic (exact) mass is 366 g/mol. The van der Waals surface area contributed by atoms with Crippen molar-refractivity contribution in [1.82, 2.24) is 10.9 Å². The molecule has 4 nitrogen and oxygen atoms in total. The number of ether oxygens (including phenoxy) is 1. The average molecular weight is 367 g/mol. The van der Waals surface area contributed by atoms with E-state index in [-0.39, 0.29) is 5.91 Å². The molecule has 3 rings (SSSR count). The number of hydrogen-bond donors (Lipinski definition) is 2. The van der Waals surface area contributed by atoms with Crippen molar-refractivity contribution in [3.05, 3.63) is 47.5 Å². The standard InChI is InChI=1S/C23H30N2O2/c1-4-5-6-7-10-15-27-21-14-13-17-11-8-9-12-18(17)19(21)16-20-22(26)24-25-23(20,2)3/h8-9,11-14,16,25H,4-7,10,15H2,1-3H3,(H,24,26)/b20-16+. The van der Waals surface area contributed by atoms with Crippen LogP contribution in [0.4, 0.5) is 0 Å². The summed E-state index contributed by atoms with van der Waals surface area (Å²) in [7, 11) is 0. The van der Waals surface area contributed by atoms with Gasteiger partial charge >= 0.3 is 0 Å². The van der Waals surface area contributed by atoms with E-state index in [1.807, 2.05) is 38.1 Å². The van der Waals surface area contributed by atoms with Crippen molar-refractivity contribution >= 4 is 22.8 Å². The maximum absolute atomic E-state index is 12.3. The van der Waals surface area contributed by atoms with Gasteiger partial charge in [-0.2, -0.15) is 0 Å². The van der Waals surface area contributed by atoms with Gasteiger partial charge in [-0.05, 0) is 43.2 Å². The molecule has 0 saturated carbocycles. The molecule has 2 N–H and O–H groups in total. The second-order valence-corrected chi connectivity index (χ2v) is 7.72. The molecule has 2 aromatic rings. The minimum Gasteiger partial charge on any atom is -0.493 e. The predicted molar refractivity (Wildman–Crippen MR) is 112 cm³/mol. The highest BCUT2D eigenvalue weighted by molar-refractivity contribution is 6.05. The van der Waals surface area contributed by atoms with E-state index in [0.717, 1.165) is 28.5 Å². The molecule has 1 fully saturated rings. The maximum Gasteiger partial charge on any atom is 0.263 e. The lowest BCUT2D eigenvalue weighted by molar-refractivity contribution is -0.116. The largest absolute Gasteiger partial charge is 0.493 e. The number of carbonyl (C=O) groups excluding carboxylic acids is 1. The molecule has 0 spiro atoms. The van der Waals surface area contributed by atoms with Crippen LogP contribution in [0.1, 0.15) is 58.4 Å². The van der Waals surface area contributed by atoms with Gasteiger partial charge in [-0.1, -0.05) is 62.9 Å². The zero-order valence-electron chi connectivity index (χ0n) is 16.6. The Kier molecular flexibility index (Phi) is 6.17. The van der Waals surface area contributed by atoms with Crippen LogP contribution in [0.2, 0.25) is 0 Å². The van der Waals surface area contributed by atoms with Gasteiger partial charge in [-0.3, -0.25) is 10.2 Å². The first kappa shape index (κ1) is 19.4. The number of unbranched alkanes of at least 4 members (excludes halogenated alkanes) is 4. The molecule has 1 heterocycles. The zero-order chi connectivity index (χ0) is 19.3. The fourth-order valence-corrected chi connectivity index (χ4v) is 3.46. The van der Waals surface area contributed by atoms with Crippen LogP contribution in [0.5, 0.6) is 5.75 Å². The Morgan fingerprint density at radius 2 is 1.81 bits per heavy atom. The summed E-state index contributed by atoms with van der Waals surface area (Å²) in [6, 6.07) is 12.3. The molecular formula is C23H30N2O2. The molecule has 1 aliphatic heterocycles. The van der Waals surface area contributed by atoms with Crippen LogP contribution in [0, 0.1) is 0 Å². The third-order valence-corrected chi connectivity index (χ3v) is 5.13. The second kappa shape index (κ2) is 8.57. The molecule has 2 aromatic carbocycles. The first-order valence-corrected chi connectivity index (χ1v) is 9.97. The van der Waals surface area contributed by atoms with Gasteiger partial charge in [0.15, 0.2) is 0 Å². The number of benzene rings is 2. The lowest BCUT2D eigenvalue weighted by Gasteiger charge is -2.18. The number of rotatable bonds is 8. The van der Waals surface area contributed by atoms with Crippen molar-refractivity contribution < 1.29 is 9.53 Å². The Bertz CT molecular complexity index is 839. The first-order valence-electron chi connectivity index (χ1n) is 9.97. The normalized spacial score (nSPS) is 17.4. The fourth-order valence-electron chi connectivity index (χ4n) is 3.46. The Hall–Kier alpha value is -2.33. The summed E-state index contributed by atoms with van der Waals surface area (Å²) in [5, 5.41) is 2.24. The molecule has 1 amide bonds. The molecule has 1 aliphatic rings. The molecular weight excluding hydrogens is 336 g/mol. The highest BCUT2D eigenvalue weighted by Crippen LogP contribution is 2.33. The van der Waals surface area contributed by atoms with E-state index in [4.69, 9.17) is 4.74 Å². The van der Waals surface area contributed by atoms with Crippen LogP contribution in [0.3, 0.4) is 0 Å². The van der Waals surface area contributed by atoms with Crippen LogP contribution in [-0.4, -0.2) is 18.1 Å². The van der Waals surface area contributed by atoms with Gasteiger partial charge in [-0.25, -0.2) is 5.43 Å². The number of nitrogens with one attached hydrogen (secondary N) is 2. The molecule has 0 aliphatic carbocycles. The Morgan fingerprint density at radius 1 is 1.04 bits per heavy atom. The minimum absolute atomic E-state index is 0.0848. The average Bonchev–Trinajstić information content (AvgIpc) is 2.92. The van der Waals surface area contributed by atoms with E-state index in [1.54, 1.807) is 0 Å². The molecule has 0 radical (unpaired) electrons. The van der Waals surface area contributed by atoms with E-state index in [2.05, 4.69) is 36.0 Å². The fraction of sp³-hybridized carbons (Fsp3) is 0.435. The second-order valence-electron chi connectivity index (χ2n) is 7.72. The summed E-state index contributed by atoms with van der Waals surface area (Å²) >= 11 is 0. The van der Waals surface area contributed by atoms with Gasteiger partial charge in [-0.15, -0.1) is 0 Å². The van der Waals surface area contributed by atoms with Gasteiger partial charge in [0.25, 0.3) is 5.91 Å². The van der Waals surface area contributed by atoms with Crippen LogP contribution < -0.4 is 15.6 Å². The van der Waals surface area contributed by atoms with Gasteiger partial charge in [0.1, 0.15) is 5.75 Å². The summed E-state index contributed by atoms with van der Waals surface area (Å²) < 4.78 is 6.14. The first-order chi connectivity index (χ1) is 13.0. The molecule has 27 heavy (non-hydrogen) atoms. The SMILES string of the molecule is CCCCCCCOc1ccc2ccccc2c1/C=C1\C(=O)NNC1(C)C. The Balaban J connectivity index is 1.90. The Morgan fingerprint density at radius 3 is 2.56 bits per heavy atom. The van der Waals surface area contributed by atoms with Crippen molar-refractivity contribution in [1.29, 1.82) is 0 Å². The molecule has 4 heteroatoms. The summed E-state index contributed by atoms with van der Waals surface area (Å²) in [4.78, 5) is 12.3. The molecule has 0 aromatic heterocycles. The summed E-state index contributed by atoms with van der Waals surface area (Å²) in [5.41, 5.74) is 7.03. The number of hydrazine groups is 1. The Labute approximate surface area is 162 Å². The summed E-state index contributed by atoms with van der Waals surface area (Å²) in [5.74, 6) is 0.755. The summed E-state index contributed by atoms with van der Waals surface area (Å²) in [6.07, 6.45) is 8.01. The molecule has 144 valence electrons. The third-order valence-electron chi connectivity index (χ3n) is 5.13. The number of amides is 1. The summed E-state index contributed by atoms with van der Waals surface area (Å²) in [6.45, 7) is 6.92. The number of hydrogen-bond acceptors (Lipinski definition) is 3. The van der Waals surface area contributed by atoms with E-state index in [9.17, 15) is 4.79 Å². The van der Waals surface area contributed by atoms with Gasteiger partial charge in [0.2, 0.25) is 0 Å². The quantitative estimate of drug-likeness (QED) is 0.511. The van der Waals surface area contributed by atoms with Crippen LogP contribution in [0.15, 0.2) is 42.0 Å². The molecule has 0 atom stereocenters. The maximum atomic E-state index is 12.3. The highest BCUT2D eigenvalue weighted by Gasteiger charge is 2.35. The van der Waals surface area contributed by atoms with Gasteiger partial charge < -0.3 is 4.74 Å². The van der Waals surface area contributed by atoms with Crippen molar-refractivity contribution in [2.24, 2.45) is 0 Å². The third kappa shape index (κ3) is 4.51. The van der Waals surface area contributed by atoms with Gasteiger partial charge in [0, 0.05) is 11.1 Å². The van der Waals surface area contributed by atoms with E-state index >= 15 is 0 Å². The number of fused-ring (bicyclic) bond motifs is 1. The van der Waals surface area contributed by atoms with E-state index in [0.29, 0.717) is 12.2 Å². The van der Waals surface area contributed by atoms with Crippen molar-refractivity contribution in [3.8, 4) is 5.75 Å². The van der Waals surface area contributed by atoms with Crippen molar-refractivity contribution in [2.75, 3.05) is 6.61 Å². The smallest absolute Gasteiger partial charge is 0.263 e. The van der Waals surface area contributed by atoms with Gasteiger partial charge in [0.05, 0.1) is 12.1 Å². The van der Waals surface area contributed by atoms with E-state index in [1.165, 1.54) is 25.7 Å². The van der Waals surface area contributed by atoms with Crippen LogP contribution >= 0.6 is 0 Å². The van der Waals surface area contributed by atoms with E-state index < -0.39 is 5.54 Å². The molecule has 0 unspecified atom stereocenters. The lowest BCUT2D eigenvalue weighted by atomic mass is 9.92. The number of carbonyl (C=O) groups is 1. The topological polar surface area (TPSA) is 50.4 Å². The highest BCUT2D eigenvalue weighted by atomic mass is 16.5. The van der Waals surface area contributed by atoms with Crippen molar-refractivity contribution in [3.63, 3.8) is 0 Å². The molecule has 1 saturated heterocycles. The minimum atomic E-state index is -0.425. The van der Waals surface area contributed by atoms with Crippen LogP contribution in [-0.2, 0) is 4.79 Å². The van der Waals surface area contributed by atoms with Crippen molar-refractivity contribution in [2.45, 2.75) is 58.4 Å².